The van der Waals surface area contributed by atoms with Gasteiger partial charge in [-0.05, 0) is 66.6 Å². The highest BCUT2D eigenvalue weighted by Gasteiger charge is 2.36. The van der Waals surface area contributed by atoms with Crippen LogP contribution in [0.25, 0.3) is 0 Å². The molecule has 1 aliphatic heterocycles. The van der Waals surface area contributed by atoms with Crippen LogP contribution in [-0.4, -0.2) is 38.6 Å². The first-order chi connectivity index (χ1) is 18.8. The van der Waals surface area contributed by atoms with Crippen molar-refractivity contribution < 1.29 is 14.4 Å². The third-order valence-corrected chi connectivity index (χ3v) is 6.87. The van der Waals surface area contributed by atoms with E-state index in [4.69, 9.17) is 23.2 Å². The molecule has 3 heterocycles. The lowest BCUT2D eigenvalue weighted by Gasteiger charge is -2.29. The molecule has 0 bridgehead atoms. The molecular formula is C29H23Cl2N5O3. The van der Waals surface area contributed by atoms with Crippen LogP contribution in [0.5, 0.6) is 0 Å². The van der Waals surface area contributed by atoms with Crippen molar-refractivity contribution in [1.29, 1.82) is 0 Å². The quantitative estimate of drug-likeness (QED) is 0.322. The number of amides is 3. The van der Waals surface area contributed by atoms with Crippen molar-refractivity contribution in [1.82, 2.24) is 14.9 Å². The Balaban J connectivity index is 1.44. The highest BCUT2D eigenvalue weighted by Crippen LogP contribution is 2.29. The van der Waals surface area contributed by atoms with E-state index in [0.717, 1.165) is 5.56 Å². The van der Waals surface area contributed by atoms with Crippen LogP contribution in [0.15, 0.2) is 79.1 Å². The molecule has 0 saturated carbocycles. The molecule has 1 unspecified atom stereocenters. The second-order valence-electron chi connectivity index (χ2n) is 9.14. The minimum atomic E-state index is -0.854. The largest absolute Gasteiger partial charge is 0.323 e. The number of benzene rings is 2. The average Bonchev–Trinajstić information content (AvgIpc) is 3.00. The van der Waals surface area contributed by atoms with Gasteiger partial charge in [0.15, 0.2) is 0 Å². The van der Waals surface area contributed by atoms with Crippen LogP contribution in [0.2, 0.25) is 10.0 Å². The summed E-state index contributed by atoms with van der Waals surface area (Å²) in [6, 6.07) is 17.8. The van der Waals surface area contributed by atoms with Gasteiger partial charge in [-0.3, -0.25) is 19.4 Å². The SMILES string of the molecule is Cc1ccc(NC(=O)c2ccc(CN3C(=O)c4ccc(Cl)cc4NC(=O)C3Cc3ccccn3)cc2Cl)nc1. The van der Waals surface area contributed by atoms with Gasteiger partial charge in [0.1, 0.15) is 11.9 Å². The average molecular weight is 560 g/mol. The third kappa shape index (κ3) is 5.92. The normalized spacial score (nSPS) is 14.8. The standard InChI is InChI=1S/C29H23Cl2N5O3/c1-17-5-10-26(33-15-17)35-27(37)21-8-6-18(12-23(21)31)16-36-25(14-20-4-2-3-11-32-20)28(38)34-24-13-19(30)7-9-22(24)29(36)39/h2-13,15,25H,14,16H2,1H3,(H,34,38)(H,33,35,37). The Hall–Kier alpha value is -4.27. The van der Waals surface area contributed by atoms with Crippen LogP contribution in [0, 0.1) is 6.92 Å². The molecule has 1 atom stereocenters. The summed E-state index contributed by atoms with van der Waals surface area (Å²) in [6.45, 7) is 1.98. The number of fused-ring (bicyclic) bond motifs is 1. The molecule has 2 aromatic carbocycles. The van der Waals surface area contributed by atoms with Crippen LogP contribution < -0.4 is 10.6 Å². The number of pyridine rings is 2. The summed E-state index contributed by atoms with van der Waals surface area (Å²) in [7, 11) is 0. The lowest BCUT2D eigenvalue weighted by molar-refractivity contribution is -0.120. The molecule has 0 spiro atoms. The first-order valence-electron chi connectivity index (χ1n) is 12.1. The van der Waals surface area contributed by atoms with E-state index in [2.05, 4.69) is 20.6 Å². The Kier molecular flexibility index (Phi) is 7.58. The van der Waals surface area contributed by atoms with Crippen molar-refractivity contribution in [2.24, 2.45) is 0 Å². The maximum absolute atomic E-state index is 13.8. The van der Waals surface area contributed by atoms with E-state index in [1.54, 1.807) is 67.0 Å². The smallest absolute Gasteiger partial charge is 0.258 e. The van der Waals surface area contributed by atoms with Gasteiger partial charge < -0.3 is 15.5 Å². The molecule has 10 heteroatoms. The Bertz CT molecular complexity index is 1560. The number of nitrogens with zero attached hydrogens (tertiary/aromatic N) is 3. The number of aromatic nitrogens is 2. The zero-order chi connectivity index (χ0) is 27.5. The fourth-order valence-electron chi connectivity index (χ4n) is 4.33. The van der Waals surface area contributed by atoms with Crippen molar-refractivity contribution in [2.45, 2.75) is 25.9 Å². The molecule has 5 rings (SSSR count). The van der Waals surface area contributed by atoms with Gasteiger partial charge >= 0.3 is 0 Å². The molecule has 0 aliphatic carbocycles. The molecule has 4 aromatic rings. The number of aryl methyl sites for hydroxylation is 1. The molecule has 2 N–H and O–H groups in total. The van der Waals surface area contributed by atoms with Crippen molar-refractivity contribution >= 4 is 52.4 Å². The molecule has 1 aliphatic rings. The molecule has 0 radical (unpaired) electrons. The summed E-state index contributed by atoms with van der Waals surface area (Å²) in [6.07, 6.45) is 3.50. The summed E-state index contributed by atoms with van der Waals surface area (Å²) < 4.78 is 0. The predicted octanol–water partition coefficient (Wildman–Crippen LogP) is 5.55. The number of carbonyl (C=O) groups is 3. The Morgan fingerprint density at radius 3 is 2.59 bits per heavy atom. The summed E-state index contributed by atoms with van der Waals surface area (Å²) in [4.78, 5) is 50.0. The molecule has 3 amide bonds. The Morgan fingerprint density at radius 2 is 1.87 bits per heavy atom. The van der Waals surface area contributed by atoms with E-state index >= 15 is 0 Å². The van der Waals surface area contributed by atoms with Gasteiger partial charge in [-0.25, -0.2) is 4.98 Å². The zero-order valence-electron chi connectivity index (χ0n) is 20.8. The number of nitrogens with one attached hydrogen (secondary N) is 2. The van der Waals surface area contributed by atoms with E-state index in [1.807, 2.05) is 19.1 Å². The molecule has 8 nitrogen and oxygen atoms in total. The molecule has 0 fully saturated rings. The predicted molar refractivity (Wildman–Crippen MR) is 150 cm³/mol. The molecular weight excluding hydrogens is 537 g/mol. The van der Waals surface area contributed by atoms with E-state index < -0.39 is 11.9 Å². The highest BCUT2D eigenvalue weighted by atomic mass is 35.5. The van der Waals surface area contributed by atoms with Gasteiger partial charge in [0.05, 0.1) is 21.8 Å². The van der Waals surface area contributed by atoms with Crippen molar-refractivity contribution in [3.63, 3.8) is 0 Å². The van der Waals surface area contributed by atoms with Crippen molar-refractivity contribution in [3.05, 3.63) is 117 Å². The fraction of sp³-hybridized carbons (Fsp3) is 0.138. The molecule has 0 saturated heterocycles. The third-order valence-electron chi connectivity index (χ3n) is 6.32. The number of anilines is 2. The summed E-state index contributed by atoms with van der Waals surface area (Å²) >= 11 is 12.6. The van der Waals surface area contributed by atoms with E-state index in [1.165, 1.54) is 4.90 Å². The van der Waals surface area contributed by atoms with Gasteiger partial charge in [0, 0.05) is 36.1 Å². The van der Waals surface area contributed by atoms with E-state index in [-0.39, 0.29) is 35.4 Å². The second kappa shape index (κ2) is 11.2. The monoisotopic (exact) mass is 559 g/mol. The lowest BCUT2D eigenvalue weighted by Crippen LogP contribution is -2.46. The van der Waals surface area contributed by atoms with Gasteiger partial charge in [0.25, 0.3) is 11.8 Å². The van der Waals surface area contributed by atoms with Gasteiger partial charge in [0.2, 0.25) is 5.91 Å². The minimum Gasteiger partial charge on any atom is -0.323 e. The first-order valence-corrected chi connectivity index (χ1v) is 12.9. The second-order valence-corrected chi connectivity index (χ2v) is 9.99. The van der Waals surface area contributed by atoms with E-state index in [9.17, 15) is 14.4 Å². The van der Waals surface area contributed by atoms with Gasteiger partial charge in [-0.1, -0.05) is 41.4 Å². The van der Waals surface area contributed by atoms with Crippen molar-refractivity contribution in [3.8, 4) is 0 Å². The topological polar surface area (TPSA) is 104 Å². The zero-order valence-corrected chi connectivity index (χ0v) is 22.3. The van der Waals surface area contributed by atoms with Gasteiger partial charge in [-0.2, -0.15) is 0 Å². The summed E-state index contributed by atoms with van der Waals surface area (Å²) in [5.74, 6) is -0.706. The van der Waals surface area contributed by atoms with Crippen LogP contribution in [0.1, 0.15) is 37.5 Å². The van der Waals surface area contributed by atoms with E-state index in [0.29, 0.717) is 33.3 Å². The maximum atomic E-state index is 13.8. The van der Waals surface area contributed by atoms with Crippen LogP contribution in [-0.2, 0) is 17.8 Å². The number of carbonyl (C=O) groups excluding carboxylic acids is 3. The molecule has 196 valence electrons. The van der Waals surface area contributed by atoms with Crippen LogP contribution in [0.3, 0.4) is 0 Å². The Morgan fingerprint density at radius 1 is 1.03 bits per heavy atom. The first kappa shape index (κ1) is 26.3. The molecule has 2 aromatic heterocycles. The van der Waals surface area contributed by atoms with Crippen LogP contribution in [0.4, 0.5) is 11.5 Å². The number of rotatable bonds is 6. The van der Waals surface area contributed by atoms with Gasteiger partial charge in [-0.15, -0.1) is 0 Å². The summed E-state index contributed by atoms with van der Waals surface area (Å²) in [5, 5.41) is 6.18. The minimum absolute atomic E-state index is 0.0763. The number of halogens is 2. The Labute approximate surface area is 235 Å². The van der Waals surface area contributed by atoms with Crippen LogP contribution >= 0.6 is 23.2 Å². The van der Waals surface area contributed by atoms with Crippen molar-refractivity contribution in [2.75, 3.05) is 10.6 Å². The number of hydrogen-bond donors (Lipinski definition) is 2. The number of hydrogen-bond acceptors (Lipinski definition) is 5. The molecule has 39 heavy (non-hydrogen) atoms. The lowest BCUT2D eigenvalue weighted by atomic mass is 10.0. The highest BCUT2D eigenvalue weighted by molar-refractivity contribution is 6.34. The summed E-state index contributed by atoms with van der Waals surface area (Å²) in [5.41, 5.74) is 3.21. The fourth-order valence-corrected chi connectivity index (χ4v) is 4.79. The maximum Gasteiger partial charge on any atom is 0.258 e.